The number of amides is 2. The maximum Gasteiger partial charge on any atom is 0.269 e. The molecule has 0 radical (unpaired) electrons. The molecule has 8 nitrogen and oxygen atoms in total. The van der Waals surface area contributed by atoms with Crippen LogP contribution in [0.1, 0.15) is 62.5 Å². The van der Waals surface area contributed by atoms with Crippen molar-refractivity contribution in [3.63, 3.8) is 0 Å². The zero-order valence-corrected chi connectivity index (χ0v) is 23.7. The largest absolute Gasteiger partial charge is 0.496 e. The highest BCUT2D eigenvalue weighted by Gasteiger charge is 2.24. The molecule has 0 bridgehead atoms. The van der Waals surface area contributed by atoms with Gasteiger partial charge < -0.3 is 25.4 Å². The lowest BCUT2D eigenvalue weighted by molar-refractivity contribution is -0.122. The first-order chi connectivity index (χ1) is 19.9. The standard InChI is InChI=1S/C32H39FN4O4/c1-40-28-11-6-12-29(41-2)31(28)27(35-23-7-3-4-8-23)20-26(34)32(39)37-25(19-30(38)36-24-9-5-10-24)18-15-21-13-16-22(33)17-14-21/h6,11-18,20,23-25,34-35H,3-5,7-10,19H2,1-2H3,(H,36,38)(H,37,39)/b18-15+,27-20-,34-26?. The van der Waals surface area contributed by atoms with Crippen molar-refractivity contribution in [3.05, 3.63) is 71.6 Å². The third-order valence-corrected chi connectivity index (χ3v) is 7.53. The lowest BCUT2D eigenvalue weighted by Crippen LogP contribution is -2.44. The van der Waals surface area contributed by atoms with E-state index in [0.717, 1.165) is 50.5 Å². The molecule has 4 rings (SSSR count). The Morgan fingerprint density at radius 2 is 1.56 bits per heavy atom. The monoisotopic (exact) mass is 562 g/mol. The van der Waals surface area contributed by atoms with Crippen LogP contribution in [-0.4, -0.2) is 49.9 Å². The van der Waals surface area contributed by atoms with Crippen molar-refractivity contribution in [1.82, 2.24) is 16.0 Å². The van der Waals surface area contributed by atoms with Crippen LogP contribution < -0.4 is 25.4 Å². The van der Waals surface area contributed by atoms with E-state index < -0.39 is 11.9 Å². The van der Waals surface area contributed by atoms with Gasteiger partial charge in [0.2, 0.25) is 5.91 Å². The fourth-order valence-corrected chi connectivity index (χ4v) is 5.06. The van der Waals surface area contributed by atoms with Crippen LogP contribution >= 0.6 is 0 Å². The summed E-state index contributed by atoms with van der Waals surface area (Å²) in [6.07, 6.45) is 12.1. The number of hydrogen-bond acceptors (Lipinski definition) is 6. The van der Waals surface area contributed by atoms with Crippen molar-refractivity contribution < 1.29 is 23.5 Å². The van der Waals surface area contributed by atoms with Gasteiger partial charge in [-0.05, 0) is 68.0 Å². The van der Waals surface area contributed by atoms with Crippen LogP contribution in [0.25, 0.3) is 11.8 Å². The van der Waals surface area contributed by atoms with Crippen LogP contribution in [0.5, 0.6) is 11.5 Å². The molecule has 41 heavy (non-hydrogen) atoms. The first kappa shape index (κ1) is 29.8. The second kappa shape index (κ2) is 14.5. The third-order valence-electron chi connectivity index (χ3n) is 7.53. The molecule has 0 saturated heterocycles. The van der Waals surface area contributed by atoms with E-state index >= 15 is 0 Å². The summed E-state index contributed by atoms with van der Waals surface area (Å²) >= 11 is 0. The van der Waals surface area contributed by atoms with Crippen molar-refractivity contribution in [2.75, 3.05) is 14.2 Å². The second-order valence-corrected chi connectivity index (χ2v) is 10.5. The molecule has 2 aliphatic carbocycles. The highest BCUT2D eigenvalue weighted by molar-refractivity contribution is 6.43. The Morgan fingerprint density at radius 1 is 0.951 bits per heavy atom. The molecule has 2 fully saturated rings. The molecule has 1 atom stereocenters. The molecule has 9 heteroatoms. The third kappa shape index (κ3) is 8.42. The van der Waals surface area contributed by atoms with Gasteiger partial charge in [-0.3, -0.25) is 15.0 Å². The van der Waals surface area contributed by atoms with Gasteiger partial charge in [0.15, 0.2) is 0 Å². The van der Waals surface area contributed by atoms with Gasteiger partial charge in [-0.2, -0.15) is 0 Å². The zero-order valence-electron chi connectivity index (χ0n) is 23.7. The van der Waals surface area contributed by atoms with Crippen LogP contribution in [-0.2, 0) is 9.59 Å². The number of methoxy groups -OCH3 is 2. The van der Waals surface area contributed by atoms with E-state index in [-0.39, 0.29) is 35.9 Å². The van der Waals surface area contributed by atoms with Gasteiger partial charge in [0.05, 0.1) is 37.9 Å². The first-order valence-electron chi connectivity index (χ1n) is 14.2. The normalized spacial score (nSPS) is 16.6. The SMILES string of the molecule is COc1cccc(OC)c1/C(=C/C(=N)C(=O)NC(/C=C/c1ccc(F)cc1)CC(=O)NC1CCC1)NC1CCCC1. The minimum Gasteiger partial charge on any atom is -0.496 e. The van der Waals surface area contributed by atoms with Crippen molar-refractivity contribution in [1.29, 1.82) is 5.41 Å². The van der Waals surface area contributed by atoms with Gasteiger partial charge in [0.25, 0.3) is 5.91 Å². The van der Waals surface area contributed by atoms with E-state index in [1.807, 2.05) is 18.2 Å². The number of hydrogen-bond donors (Lipinski definition) is 4. The van der Waals surface area contributed by atoms with E-state index in [1.165, 1.54) is 18.2 Å². The van der Waals surface area contributed by atoms with E-state index in [1.54, 1.807) is 38.5 Å². The quantitative estimate of drug-likeness (QED) is 0.257. The molecule has 0 aliphatic heterocycles. The summed E-state index contributed by atoms with van der Waals surface area (Å²) in [5.41, 5.74) is 1.64. The molecule has 1 unspecified atom stereocenters. The van der Waals surface area contributed by atoms with E-state index in [2.05, 4.69) is 16.0 Å². The Hall–Kier alpha value is -4.14. The van der Waals surface area contributed by atoms with Gasteiger partial charge in [0, 0.05) is 12.1 Å². The highest BCUT2D eigenvalue weighted by Crippen LogP contribution is 2.35. The number of nitrogens with one attached hydrogen (secondary N) is 4. The molecular weight excluding hydrogens is 523 g/mol. The highest BCUT2D eigenvalue weighted by atomic mass is 19.1. The lowest BCUT2D eigenvalue weighted by Gasteiger charge is -2.27. The first-order valence-corrected chi connectivity index (χ1v) is 14.2. The molecule has 2 aromatic carbocycles. The smallest absolute Gasteiger partial charge is 0.269 e. The van der Waals surface area contributed by atoms with Crippen molar-refractivity contribution >= 4 is 29.3 Å². The van der Waals surface area contributed by atoms with Crippen LogP contribution in [0.4, 0.5) is 4.39 Å². The summed E-state index contributed by atoms with van der Waals surface area (Å²) in [5.74, 6) is -0.0343. The lowest BCUT2D eigenvalue weighted by atomic mass is 9.93. The number of carbonyl (C=O) groups is 2. The minimum atomic E-state index is -0.673. The Bertz CT molecular complexity index is 1260. The molecule has 2 aromatic rings. The molecule has 0 spiro atoms. The Labute approximate surface area is 240 Å². The molecule has 2 amide bonds. The predicted octanol–water partition coefficient (Wildman–Crippen LogP) is 4.99. The van der Waals surface area contributed by atoms with Gasteiger partial charge >= 0.3 is 0 Å². The van der Waals surface area contributed by atoms with Crippen LogP contribution in [0, 0.1) is 11.2 Å². The molecule has 218 valence electrons. The number of halogens is 1. The summed E-state index contributed by atoms with van der Waals surface area (Å²) in [6.45, 7) is 0. The van der Waals surface area contributed by atoms with E-state index in [9.17, 15) is 14.0 Å². The van der Waals surface area contributed by atoms with E-state index in [0.29, 0.717) is 22.8 Å². The van der Waals surface area contributed by atoms with Gasteiger partial charge in [-0.1, -0.05) is 43.2 Å². The Kier molecular flexibility index (Phi) is 10.5. The fourth-order valence-electron chi connectivity index (χ4n) is 5.06. The van der Waals surface area contributed by atoms with Crippen LogP contribution in [0.3, 0.4) is 0 Å². The summed E-state index contributed by atoms with van der Waals surface area (Å²) < 4.78 is 24.5. The van der Waals surface area contributed by atoms with Crippen molar-refractivity contribution in [2.24, 2.45) is 0 Å². The Morgan fingerprint density at radius 3 is 2.15 bits per heavy atom. The molecule has 2 saturated carbocycles. The summed E-state index contributed by atoms with van der Waals surface area (Å²) in [4.78, 5) is 26.0. The number of carbonyl (C=O) groups excluding carboxylic acids is 2. The average Bonchev–Trinajstić information content (AvgIpc) is 3.46. The van der Waals surface area contributed by atoms with Gasteiger partial charge in [0.1, 0.15) is 23.0 Å². The zero-order chi connectivity index (χ0) is 29.2. The predicted molar refractivity (Wildman–Crippen MR) is 158 cm³/mol. The van der Waals surface area contributed by atoms with Crippen molar-refractivity contribution in [2.45, 2.75) is 69.5 Å². The van der Waals surface area contributed by atoms with Crippen LogP contribution in [0.15, 0.2) is 54.6 Å². The molecule has 0 heterocycles. The number of ether oxygens (including phenoxy) is 2. The summed E-state index contributed by atoms with van der Waals surface area (Å²) in [6, 6.07) is 11.1. The maximum absolute atomic E-state index is 13.3. The van der Waals surface area contributed by atoms with Crippen molar-refractivity contribution in [3.8, 4) is 11.5 Å². The van der Waals surface area contributed by atoms with Gasteiger partial charge in [-0.25, -0.2) is 4.39 Å². The minimum absolute atomic E-state index is 0.0183. The summed E-state index contributed by atoms with van der Waals surface area (Å²) in [5, 5.41) is 18.0. The number of rotatable bonds is 13. The molecule has 4 N–H and O–H groups in total. The van der Waals surface area contributed by atoms with E-state index in [4.69, 9.17) is 14.9 Å². The second-order valence-electron chi connectivity index (χ2n) is 10.5. The summed E-state index contributed by atoms with van der Waals surface area (Å²) in [7, 11) is 3.13. The van der Waals surface area contributed by atoms with Crippen LogP contribution in [0.2, 0.25) is 0 Å². The Balaban J connectivity index is 1.56. The molecular formula is C32H39FN4O4. The topological polar surface area (TPSA) is 113 Å². The fraction of sp³-hybridized carbons (Fsp3) is 0.406. The average molecular weight is 563 g/mol. The molecule has 2 aliphatic rings. The maximum atomic E-state index is 13.3. The number of benzene rings is 2. The molecule has 0 aromatic heterocycles. The van der Waals surface area contributed by atoms with Gasteiger partial charge in [-0.15, -0.1) is 0 Å².